The van der Waals surface area contributed by atoms with Crippen molar-refractivity contribution < 1.29 is 9.21 Å². The normalized spacial score (nSPS) is 14.3. The fraction of sp³-hybridized carbons (Fsp3) is 0.200. The molecule has 34 heavy (non-hydrogen) atoms. The summed E-state index contributed by atoms with van der Waals surface area (Å²) in [7, 11) is 0. The topological polar surface area (TPSA) is 91.6 Å². The van der Waals surface area contributed by atoms with Gasteiger partial charge in [-0.25, -0.2) is 14.8 Å². The third-order valence-corrected chi connectivity index (χ3v) is 6.27. The molecule has 4 aromatic rings. The zero-order valence-electron chi connectivity index (χ0n) is 18.3. The number of hydrogen-bond acceptors (Lipinski definition) is 7. The molecule has 1 aliphatic rings. The van der Waals surface area contributed by atoms with Gasteiger partial charge in [0.1, 0.15) is 29.1 Å². The predicted octanol–water partition coefficient (Wildman–Crippen LogP) is 3.92. The lowest BCUT2D eigenvalue weighted by molar-refractivity contribution is 0.102. The summed E-state index contributed by atoms with van der Waals surface area (Å²) in [5.41, 5.74) is 0.936. The first-order chi connectivity index (χ1) is 16.5. The summed E-state index contributed by atoms with van der Waals surface area (Å²) in [5.74, 6) is 0.488. The van der Waals surface area contributed by atoms with Crippen LogP contribution in [0.1, 0.15) is 15.9 Å². The number of nitrogens with zero attached hydrogens (tertiary/aromatic N) is 4. The number of rotatable bonds is 5. The van der Waals surface area contributed by atoms with Crippen LogP contribution in [-0.4, -0.2) is 47.0 Å². The van der Waals surface area contributed by atoms with Crippen LogP contribution in [0, 0.1) is 0 Å². The Kier molecular flexibility index (Phi) is 6.37. The number of aromatic nitrogens is 2. The van der Waals surface area contributed by atoms with Crippen LogP contribution in [0.3, 0.4) is 0 Å². The Morgan fingerprint density at radius 2 is 1.79 bits per heavy atom. The van der Waals surface area contributed by atoms with Crippen molar-refractivity contribution in [3.63, 3.8) is 0 Å². The van der Waals surface area contributed by atoms with Crippen molar-refractivity contribution >= 4 is 44.4 Å². The molecule has 0 aliphatic carbocycles. The molecule has 0 bridgehead atoms. The van der Waals surface area contributed by atoms with E-state index in [1.165, 1.54) is 18.0 Å². The molecule has 0 radical (unpaired) electrons. The molecule has 0 unspecified atom stereocenters. The predicted molar refractivity (Wildman–Crippen MR) is 134 cm³/mol. The second kappa shape index (κ2) is 9.74. The standard InChI is InChI=1S/C25H22BrN5O3/c26-19-6-7-21-18(12-19)13-20(25(33)34-21)24(32)29-22-14-23(28-16-27-22)31-10-8-30(9-11-31)15-17-4-2-1-3-5-17/h1-7,12-14,16H,8-11,15H2,(H,27,28,29,32). The second-order valence-electron chi connectivity index (χ2n) is 8.09. The summed E-state index contributed by atoms with van der Waals surface area (Å²) in [4.78, 5) is 38.3. The Morgan fingerprint density at radius 3 is 2.59 bits per heavy atom. The molecule has 0 atom stereocenters. The first-order valence-electron chi connectivity index (χ1n) is 10.9. The molecular formula is C25H22BrN5O3. The summed E-state index contributed by atoms with van der Waals surface area (Å²) < 4.78 is 6.12. The molecule has 0 saturated carbocycles. The maximum atomic E-state index is 12.8. The van der Waals surface area contributed by atoms with E-state index >= 15 is 0 Å². The number of fused-ring (bicyclic) bond motifs is 1. The highest BCUT2D eigenvalue weighted by Gasteiger charge is 2.20. The van der Waals surface area contributed by atoms with Gasteiger partial charge in [-0.2, -0.15) is 0 Å². The molecule has 3 heterocycles. The van der Waals surface area contributed by atoms with Gasteiger partial charge >= 0.3 is 5.63 Å². The van der Waals surface area contributed by atoms with Crippen LogP contribution in [-0.2, 0) is 6.54 Å². The third kappa shape index (κ3) is 5.00. The quantitative estimate of drug-likeness (QED) is 0.399. The molecule has 2 aromatic carbocycles. The van der Waals surface area contributed by atoms with Crippen molar-refractivity contribution in [1.82, 2.24) is 14.9 Å². The van der Waals surface area contributed by atoms with Gasteiger partial charge < -0.3 is 14.6 Å². The summed E-state index contributed by atoms with van der Waals surface area (Å²) in [5, 5.41) is 3.35. The number of hydrogen-bond donors (Lipinski definition) is 1. The van der Waals surface area contributed by atoms with E-state index in [4.69, 9.17) is 4.42 Å². The lowest BCUT2D eigenvalue weighted by atomic mass is 10.2. The van der Waals surface area contributed by atoms with Crippen LogP contribution >= 0.6 is 15.9 Å². The molecular weight excluding hydrogens is 498 g/mol. The van der Waals surface area contributed by atoms with Gasteiger partial charge in [-0.3, -0.25) is 9.69 Å². The van der Waals surface area contributed by atoms with Gasteiger partial charge in [-0.1, -0.05) is 46.3 Å². The smallest absolute Gasteiger partial charge is 0.349 e. The van der Waals surface area contributed by atoms with E-state index in [0.29, 0.717) is 16.8 Å². The number of halogens is 1. The van der Waals surface area contributed by atoms with Gasteiger partial charge in [0, 0.05) is 48.6 Å². The van der Waals surface area contributed by atoms with Crippen molar-refractivity contribution in [1.29, 1.82) is 0 Å². The number of carbonyl (C=O) groups excluding carboxylic acids is 1. The molecule has 5 rings (SSSR count). The van der Waals surface area contributed by atoms with Crippen LogP contribution in [0.25, 0.3) is 11.0 Å². The largest absolute Gasteiger partial charge is 0.422 e. The van der Waals surface area contributed by atoms with Crippen molar-refractivity contribution in [3.05, 3.63) is 93.0 Å². The van der Waals surface area contributed by atoms with Gasteiger partial charge in [0.2, 0.25) is 0 Å². The van der Waals surface area contributed by atoms with Gasteiger partial charge in [0.05, 0.1) is 0 Å². The van der Waals surface area contributed by atoms with E-state index in [1.807, 2.05) is 6.07 Å². The molecule has 172 valence electrons. The molecule has 0 spiro atoms. The number of amides is 1. The molecule has 9 heteroatoms. The van der Waals surface area contributed by atoms with E-state index in [1.54, 1.807) is 24.3 Å². The van der Waals surface area contributed by atoms with Gasteiger partial charge in [-0.15, -0.1) is 0 Å². The van der Waals surface area contributed by atoms with Gasteiger partial charge in [-0.05, 0) is 29.8 Å². The molecule has 1 aliphatic heterocycles. The summed E-state index contributed by atoms with van der Waals surface area (Å²) in [6, 6.07) is 18.9. The molecule has 2 aromatic heterocycles. The summed E-state index contributed by atoms with van der Waals surface area (Å²) >= 11 is 3.39. The van der Waals surface area contributed by atoms with E-state index in [2.05, 4.69) is 65.3 Å². The van der Waals surface area contributed by atoms with Crippen molar-refractivity contribution in [3.8, 4) is 0 Å². The molecule has 1 amide bonds. The molecule has 1 fully saturated rings. The number of carbonyl (C=O) groups is 1. The fourth-order valence-corrected chi connectivity index (χ4v) is 4.38. The summed E-state index contributed by atoms with van der Waals surface area (Å²) in [6.07, 6.45) is 1.42. The average molecular weight is 520 g/mol. The first kappa shape index (κ1) is 22.2. The highest BCUT2D eigenvalue weighted by atomic mass is 79.9. The first-order valence-corrected chi connectivity index (χ1v) is 11.7. The van der Waals surface area contributed by atoms with Crippen molar-refractivity contribution in [2.45, 2.75) is 6.54 Å². The van der Waals surface area contributed by atoms with Gasteiger partial charge in [0.25, 0.3) is 5.91 Å². The SMILES string of the molecule is O=C(Nc1cc(N2CCN(Cc3ccccc3)CC2)ncn1)c1cc2cc(Br)ccc2oc1=O. The average Bonchev–Trinajstić information content (AvgIpc) is 2.85. The van der Waals surface area contributed by atoms with Crippen LogP contribution < -0.4 is 15.8 Å². The molecule has 1 N–H and O–H groups in total. The fourth-order valence-electron chi connectivity index (χ4n) is 4.00. The zero-order valence-corrected chi connectivity index (χ0v) is 19.9. The zero-order chi connectivity index (χ0) is 23.5. The van der Waals surface area contributed by atoms with Crippen LogP contribution in [0.2, 0.25) is 0 Å². The Labute approximate surface area is 204 Å². The Morgan fingerprint density at radius 1 is 1.00 bits per heavy atom. The maximum Gasteiger partial charge on any atom is 0.349 e. The maximum absolute atomic E-state index is 12.8. The lowest BCUT2D eigenvalue weighted by Gasteiger charge is -2.35. The van der Waals surface area contributed by atoms with Crippen LogP contribution in [0.4, 0.5) is 11.6 Å². The Bertz CT molecular complexity index is 1380. The van der Waals surface area contributed by atoms with E-state index in [0.717, 1.165) is 43.0 Å². The number of nitrogens with one attached hydrogen (secondary N) is 1. The van der Waals surface area contributed by atoms with E-state index < -0.39 is 11.5 Å². The van der Waals surface area contributed by atoms with Crippen molar-refractivity contribution in [2.24, 2.45) is 0 Å². The highest BCUT2D eigenvalue weighted by molar-refractivity contribution is 9.10. The monoisotopic (exact) mass is 519 g/mol. The minimum absolute atomic E-state index is 0.0831. The minimum Gasteiger partial charge on any atom is -0.422 e. The molecule has 8 nitrogen and oxygen atoms in total. The highest BCUT2D eigenvalue weighted by Crippen LogP contribution is 2.21. The Hall–Kier alpha value is -3.56. The number of benzene rings is 2. The van der Waals surface area contributed by atoms with Crippen molar-refractivity contribution in [2.75, 3.05) is 36.4 Å². The Balaban J connectivity index is 1.26. The number of anilines is 2. The lowest BCUT2D eigenvalue weighted by Crippen LogP contribution is -2.46. The minimum atomic E-state index is -0.698. The van der Waals surface area contributed by atoms with Crippen LogP contribution in [0.15, 0.2) is 80.7 Å². The third-order valence-electron chi connectivity index (χ3n) is 5.78. The second-order valence-corrected chi connectivity index (χ2v) is 9.01. The molecule has 1 saturated heterocycles. The summed E-state index contributed by atoms with van der Waals surface area (Å²) in [6.45, 7) is 4.38. The van der Waals surface area contributed by atoms with Gasteiger partial charge in [0.15, 0.2) is 0 Å². The van der Waals surface area contributed by atoms with E-state index in [-0.39, 0.29) is 5.56 Å². The van der Waals surface area contributed by atoms with E-state index in [9.17, 15) is 9.59 Å². The number of piperazine rings is 1. The van der Waals surface area contributed by atoms with Crippen LogP contribution in [0.5, 0.6) is 0 Å².